The van der Waals surface area contributed by atoms with E-state index in [1.807, 2.05) is 0 Å². The molecule has 0 fully saturated rings. The second kappa shape index (κ2) is 4.84. The smallest absolute Gasteiger partial charge is 0.0294 e. The minimum Gasteiger partial charge on any atom is -0.126 e. The minimum atomic E-state index is 0.482. The molecule has 78 valence electrons. The topological polar surface area (TPSA) is 0 Å². The second-order valence-corrected chi connectivity index (χ2v) is 4.66. The lowest BCUT2D eigenvalue weighted by Crippen LogP contribution is -2.08. The Morgan fingerprint density at radius 2 is 1.79 bits per heavy atom. The lowest BCUT2D eigenvalue weighted by Gasteiger charge is -2.19. The van der Waals surface area contributed by atoms with Crippen molar-refractivity contribution in [1.82, 2.24) is 0 Å². The van der Waals surface area contributed by atoms with Crippen molar-refractivity contribution in [2.45, 2.75) is 33.6 Å². The fraction of sp³-hybridized carbons (Fsp3) is 0.538. The maximum atomic E-state index is 5.99. The highest BCUT2D eigenvalue weighted by molar-refractivity contribution is 6.18. The average molecular weight is 211 g/mol. The largest absolute Gasteiger partial charge is 0.126 e. The van der Waals surface area contributed by atoms with Gasteiger partial charge in [0.1, 0.15) is 0 Å². The fourth-order valence-electron chi connectivity index (χ4n) is 1.65. The van der Waals surface area contributed by atoms with Gasteiger partial charge in [0.25, 0.3) is 0 Å². The molecular weight excluding hydrogens is 192 g/mol. The summed E-state index contributed by atoms with van der Waals surface area (Å²) in [6.45, 7) is 8.75. The molecule has 14 heavy (non-hydrogen) atoms. The first-order chi connectivity index (χ1) is 6.56. The van der Waals surface area contributed by atoms with Crippen LogP contribution in [-0.2, 0) is 0 Å². The number of halogens is 1. The van der Waals surface area contributed by atoms with Gasteiger partial charge in [-0.3, -0.25) is 0 Å². The zero-order valence-corrected chi connectivity index (χ0v) is 10.2. The van der Waals surface area contributed by atoms with Crippen LogP contribution in [0.25, 0.3) is 0 Å². The van der Waals surface area contributed by atoms with Gasteiger partial charge < -0.3 is 0 Å². The standard InChI is InChI=1S/C13H19Cl/c1-9(2)13(8-14)12-6-5-10(3)11(4)7-12/h5-7,9,13H,8H2,1-4H3. The predicted molar refractivity (Wildman–Crippen MR) is 64.2 cm³/mol. The van der Waals surface area contributed by atoms with E-state index >= 15 is 0 Å². The molecule has 0 heterocycles. The average Bonchev–Trinajstić information content (AvgIpc) is 2.11. The number of hydrogen-bond acceptors (Lipinski definition) is 0. The third-order valence-electron chi connectivity index (χ3n) is 2.93. The van der Waals surface area contributed by atoms with Crippen LogP contribution in [0.4, 0.5) is 0 Å². The van der Waals surface area contributed by atoms with Crippen molar-refractivity contribution in [3.63, 3.8) is 0 Å². The lowest BCUT2D eigenvalue weighted by molar-refractivity contribution is 0.539. The Kier molecular flexibility index (Phi) is 4.00. The third kappa shape index (κ3) is 2.51. The molecule has 0 aromatic heterocycles. The van der Waals surface area contributed by atoms with E-state index in [-0.39, 0.29) is 0 Å². The lowest BCUT2D eigenvalue weighted by atomic mass is 9.88. The maximum Gasteiger partial charge on any atom is 0.0294 e. The van der Waals surface area contributed by atoms with Crippen molar-refractivity contribution in [3.8, 4) is 0 Å². The van der Waals surface area contributed by atoms with Crippen LogP contribution in [0.2, 0.25) is 0 Å². The van der Waals surface area contributed by atoms with E-state index < -0.39 is 0 Å². The molecule has 1 aromatic carbocycles. The summed E-state index contributed by atoms with van der Waals surface area (Å²) in [7, 11) is 0. The van der Waals surface area contributed by atoms with Crippen LogP contribution < -0.4 is 0 Å². The van der Waals surface area contributed by atoms with Gasteiger partial charge in [-0.25, -0.2) is 0 Å². The Bertz CT molecular complexity index is 302. The van der Waals surface area contributed by atoms with Gasteiger partial charge in [-0.15, -0.1) is 11.6 Å². The number of benzene rings is 1. The summed E-state index contributed by atoms with van der Waals surface area (Å²) in [5.41, 5.74) is 4.09. The van der Waals surface area contributed by atoms with Crippen LogP contribution in [0.5, 0.6) is 0 Å². The van der Waals surface area contributed by atoms with Gasteiger partial charge in [-0.2, -0.15) is 0 Å². The summed E-state index contributed by atoms with van der Waals surface area (Å²) in [5, 5.41) is 0. The van der Waals surface area contributed by atoms with Crippen LogP contribution in [0.1, 0.15) is 36.5 Å². The van der Waals surface area contributed by atoms with Gasteiger partial charge in [0.2, 0.25) is 0 Å². The van der Waals surface area contributed by atoms with Gasteiger partial charge in [0, 0.05) is 5.88 Å². The molecule has 1 rings (SSSR count). The fourth-order valence-corrected chi connectivity index (χ4v) is 2.18. The number of alkyl halides is 1. The van der Waals surface area contributed by atoms with Crippen LogP contribution in [0, 0.1) is 19.8 Å². The highest BCUT2D eigenvalue weighted by Crippen LogP contribution is 2.27. The van der Waals surface area contributed by atoms with Gasteiger partial charge >= 0.3 is 0 Å². The molecule has 0 N–H and O–H groups in total. The number of rotatable bonds is 3. The molecule has 1 unspecified atom stereocenters. The van der Waals surface area contributed by atoms with Crippen molar-refractivity contribution in [2.75, 3.05) is 5.88 Å². The molecule has 0 aliphatic carbocycles. The zero-order chi connectivity index (χ0) is 10.7. The summed E-state index contributed by atoms with van der Waals surface area (Å²) in [5.74, 6) is 1.80. The van der Waals surface area contributed by atoms with Crippen molar-refractivity contribution in [2.24, 2.45) is 5.92 Å². The first-order valence-corrected chi connectivity index (χ1v) is 5.72. The molecule has 1 aromatic rings. The normalized spacial score (nSPS) is 13.3. The SMILES string of the molecule is Cc1ccc(C(CCl)C(C)C)cc1C. The Morgan fingerprint density at radius 1 is 1.14 bits per heavy atom. The molecule has 0 saturated carbocycles. The van der Waals surface area contributed by atoms with Crippen LogP contribution >= 0.6 is 11.6 Å². The minimum absolute atomic E-state index is 0.482. The van der Waals surface area contributed by atoms with Gasteiger partial charge in [-0.1, -0.05) is 32.0 Å². The third-order valence-corrected chi connectivity index (χ3v) is 3.26. The highest BCUT2D eigenvalue weighted by atomic mass is 35.5. The summed E-state index contributed by atoms with van der Waals surface area (Å²) in [4.78, 5) is 0. The Hall–Kier alpha value is -0.490. The highest BCUT2D eigenvalue weighted by Gasteiger charge is 2.14. The van der Waals surface area contributed by atoms with Crippen LogP contribution in [-0.4, -0.2) is 5.88 Å². The molecule has 1 atom stereocenters. The Labute approximate surface area is 92.3 Å². The summed E-state index contributed by atoms with van der Waals surface area (Å²) in [6.07, 6.45) is 0. The first-order valence-electron chi connectivity index (χ1n) is 5.19. The number of aryl methyl sites for hydroxylation is 2. The second-order valence-electron chi connectivity index (χ2n) is 4.35. The quantitative estimate of drug-likeness (QED) is 0.654. The van der Waals surface area contributed by atoms with Crippen LogP contribution in [0.15, 0.2) is 18.2 Å². The van der Waals surface area contributed by atoms with E-state index in [9.17, 15) is 0 Å². The van der Waals surface area contributed by atoms with E-state index in [4.69, 9.17) is 11.6 Å². The Balaban J connectivity index is 3.00. The molecule has 0 aliphatic heterocycles. The van der Waals surface area contributed by atoms with Gasteiger partial charge in [0.15, 0.2) is 0 Å². The number of hydrogen-bond donors (Lipinski definition) is 0. The maximum absolute atomic E-state index is 5.99. The molecule has 1 heteroatoms. The summed E-state index contributed by atoms with van der Waals surface area (Å²) < 4.78 is 0. The zero-order valence-electron chi connectivity index (χ0n) is 9.47. The van der Waals surface area contributed by atoms with E-state index in [0.29, 0.717) is 17.7 Å². The van der Waals surface area contributed by atoms with Crippen molar-refractivity contribution in [3.05, 3.63) is 34.9 Å². The van der Waals surface area contributed by atoms with E-state index in [1.165, 1.54) is 16.7 Å². The first kappa shape index (κ1) is 11.6. The van der Waals surface area contributed by atoms with Crippen molar-refractivity contribution in [1.29, 1.82) is 0 Å². The Morgan fingerprint density at radius 3 is 2.21 bits per heavy atom. The monoisotopic (exact) mass is 210 g/mol. The molecule has 0 nitrogen and oxygen atoms in total. The summed E-state index contributed by atoms with van der Waals surface area (Å²) in [6, 6.07) is 6.66. The van der Waals surface area contributed by atoms with Crippen LogP contribution in [0.3, 0.4) is 0 Å². The van der Waals surface area contributed by atoms with Gasteiger partial charge in [0.05, 0.1) is 0 Å². The van der Waals surface area contributed by atoms with Gasteiger partial charge in [-0.05, 0) is 42.4 Å². The molecule has 0 bridgehead atoms. The predicted octanol–water partition coefficient (Wildman–Crippen LogP) is 4.28. The molecule has 0 radical (unpaired) electrons. The summed E-state index contributed by atoms with van der Waals surface area (Å²) >= 11 is 5.99. The van der Waals surface area contributed by atoms with Crippen molar-refractivity contribution >= 4 is 11.6 Å². The van der Waals surface area contributed by atoms with E-state index in [2.05, 4.69) is 45.9 Å². The molecule has 0 aliphatic rings. The van der Waals surface area contributed by atoms with E-state index in [1.54, 1.807) is 0 Å². The molecule has 0 saturated heterocycles. The molecular formula is C13H19Cl. The van der Waals surface area contributed by atoms with Crippen molar-refractivity contribution < 1.29 is 0 Å². The molecule has 0 spiro atoms. The molecule has 0 amide bonds. The van der Waals surface area contributed by atoms with E-state index in [0.717, 1.165) is 0 Å².